The predicted octanol–water partition coefficient (Wildman–Crippen LogP) is 5.20. The molecular weight excluding hydrogens is 433 g/mol. The maximum atomic E-state index is 14.1. The van der Waals surface area contributed by atoms with Crippen LogP contribution >= 0.6 is 11.8 Å². The number of carbonyl (C=O) groups is 2. The van der Waals surface area contributed by atoms with Crippen molar-refractivity contribution < 1.29 is 18.9 Å². The largest absolute Gasteiger partial charge is 0.352 e. The Morgan fingerprint density at radius 2 is 1.78 bits per heavy atom. The molecule has 0 unspecified atom stereocenters. The third-order valence-electron chi connectivity index (χ3n) is 4.56. The van der Waals surface area contributed by atoms with E-state index in [1.165, 1.54) is 18.2 Å². The van der Waals surface area contributed by atoms with E-state index in [-0.39, 0.29) is 22.1 Å². The lowest BCUT2D eigenvalue weighted by Gasteiger charge is -2.13. The van der Waals surface area contributed by atoms with E-state index in [1.807, 2.05) is 0 Å². The number of amides is 2. The molecule has 9 heteroatoms. The van der Waals surface area contributed by atoms with E-state index >= 15 is 0 Å². The van der Waals surface area contributed by atoms with Crippen molar-refractivity contribution in [3.8, 4) is 0 Å². The van der Waals surface area contributed by atoms with E-state index in [0.29, 0.717) is 28.3 Å². The number of carbonyl (C=O) groups excluding carboxylic acids is 2. The van der Waals surface area contributed by atoms with Crippen molar-refractivity contribution in [3.05, 3.63) is 93.3 Å². The molecule has 0 spiro atoms. The van der Waals surface area contributed by atoms with Gasteiger partial charge < -0.3 is 10.6 Å². The van der Waals surface area contributed by atoms with Crippen LogP contribution in [-0.4, -0.2) is 23.3 Å². The van der Waals surface area contributed by atoms with Gasteiger partial charge in [-0.3, -0.25) is 19.7 Å². The van der Waals surface area contributed by atoms with Crippen LogP contribution in [0.4, 0.5) is 15.8 Å². The van der Waals surface area contributed by atoms with Crippen molar-refractivity contribution in [2.24, 2.45) is 0 Å². The number of nitrogens with zero attached hydrogens (tertiary/aromatic N) is 1. The highest BCUT2D eigenvalue weighted by Gasteiger charge is 2.20. The Morgan fingerprint density at radius 1 is 1.03 bits per heavy atom. The van der Waals surface area contributed by atoms with Crippen molar-refractivity contribution in [1.29, 1.82) is 0 Å². The third kappa shape index (κ3) is 5.30. The summed E-state index contributed by atoms with van der Waals surface area (Å²) in [5, 5.41) is 16.7. The molecule has 0 bridgehead atoms. The second-order valence-electron chi connectivity index (χ2n) is 6.81. The molecule has 164 valence electrons. The second-order valence-corrected chi connectivity index (χ2v) is 7.90. The highest BCUT2D eigenvalue weighted by molar-refractivity contribution is 7.99. The molecule has 0 aromatic heterocycles. The van der Waals surface area contributed by atoms with Gasteiger partial charge in [0.2, 0.25) is 0 Å². The number of aryl methyl sites for hydroxylation is 1. The molecule has 2 N–H and O–H groups in total. The molecule has 0 aliphatic carbocycles. The van der Waals surface area contributed by atoms with Gasteiger partial charge in [0.05, 0.1) is 10.5 Å². The third-order valence-corrected chi connectivity index (χ3v) is 5.69. The van der Waals surface area contributed by atoms with Gasteiger partial charge >= 0.3 is 0 Å². The smallest absolute Gasteiger partial charge is 0.270 e. The molecule has 7 nitrogen and oxygen atoms in total. The average molecular weight is 453 g/mol. The fraction of sp³-hybridized carbons (Fsp3) is 0.130. The lowest BCUT2D eigenvalue weighted by Crippen LogP contribution is -2.23. The number of hydrogen-bond acceptors (Lipinski definition) is 5. The number of halogens is 1. The van der Waals surface area contributed by atoms with E-state index in [4.69, 9.17) is 0 Å². The minimum Gasteiger partial charge on any atom is -0.352 e. The molecule has 3 aromatic carbocycles. The maximum absolute atomic E-state index is 14.1. The van der Waals surface area contributed by atoms with Crippen LogP contribution in [-0.2, 0) is 0 Å². The maximum Gasteiger partial charge on any atom is 0.270 e. The molecule has 0 aliphatic heterocycles. The summed E-state index contributed by atoms with van der Waals surface area (Å²) in [5.41, 5.74) is 1.23. The van der Waals surface area contributed by atoms with E-state index in [2.05, 4.69) is 10.6 Å². The zero-order valence-electron chi connectivity index (χ0n) is 17.3. The van der Waals surface area contributed by atoms with Crippen LogP contribution in [0.25, 0.3) is 0 Å². The summed E-state index contributed by atoms with van der Waals surface area (Å²) in [6.45, 7) is 4.02. The molecule has 2 amide bonds. The highest BCUT2D eigenvalue weighted by atomic mass is 32.2. The Bertz CT molecular complexity index is 1200. The number of nitro groups is 1. The number of anilines is 1. The Labute approximate surface area is 188 Å². The normalized spacial score (nSPS) is 10.5. The summed E-state index contributed by atoms with van der Waals surface area (Å²) < 4.78 is 14.1. The van der Waals surface area contributed by atoms with Gasteiger partial charge in [-0.1, -0.05) is 30.0 Å². The Hall–Kier alpha value is -3.72. The molecule has 0 saturated heterocycles. The molecule has 3 aromatic rings. The number of hydrogen-bond donors (Lipinski definition) is 2. The standard InChI is InChI=1S/C23H20FN3O4S/c1-3-25-22(28)15-9-8-14(2)19(12-15)26-23(29)17-13-16(27(30)31)10-11-20(17)32-21-7-5-4-6-18(21)24/h4-13H,3H2,1-2H3,(H,25,28)(H,26,29). The molecule has 0 radical (unpaired) electrons. The zero-order chi connectivity index (χ0) is 23.3. The lowest BCUT2D eigenvalue weighted by atomic mass is 10.1. The van der Waals surface area contributed by atoms with Crippen molar-refractivity contribution in [2.75, 3.05) is 11.9 Å². The quantitative estimate of drug-likeness (QED) is 0.378. The lowest BCUT2D eigenvalue weighted by molar-refractivity contribution is -0.384. The average Bonchev–Trinajstić information content (AvgIpc) is 2.77. The van der Waals surface area contributed by atoms with Crippen LogP contribution in [0.3, 0.4) is 0 Å². The first-order chi connectivity index (χ1) is 15.3. The molecule has 0 atom stereocenters. The van der Waals surface area contributed by atoms with Crippen LogP contribution in [0.2, 0.25) is 0 Å². The molecule has 0 heterocycles. The number of non-ortho nitro benzene ring substituents is 1. The topological polar surface area (TPSA) is 101 Å². The van der Waals surface area contributed by atoms with E-state index in [9.17, 15) is 24.1 Å². The van der Waals surface area contributed by atoms with Gasteiger partial charge in [0.1, 0.15) is 5.82 Å². The van der Waals surface area contributed by atoms with Gasteiger partial charge in [0.15, 0.2) is 0 Å². The number of nitrogens with one attached hydrogen (secondary N) is 2. The number of benzene rings is 3. The first-order valence-corrected chi connectivity index (χ1v) is 10.5. The highest BCUT2D eigenvalue weighted by Crippen LogP contribution is 2.34. The van der Waals surface area contributed by atoms with Crippen molar-refractivity contribution in [1.82, 2.24) is 5.32 Å². The van der Waals surface area contributed by atoms with Crippen LogP contribution in [0.15, 0.2) is 70.5 Å². The first kappa shape index (κ1) is 23.0. The Balaban J connectivity index is 1.97. The van der Waals surface area contributed by atoms with Gasteiger partial charge in [-0.05, 0) is 49.7 Å². The number of rotatable bonds is 7. The first-order valence-electron chi connectivity index (χ1n) is 9.71. The second kappa shape index (κ2) is 10.1. The van der Waals surface area contributed by atoms with E-state index in [0.717, 1.165) is 17.8 Å². The van der Waals surface area contributed by atoms with Gasteiger partial charge in [0, 0.05) is 39.7 Å². The van der Waals surface area contributed by atoms with Crippen molar-refractivity contribution in [2.45, 2.75) is 23.6 Å². The Morgan fingerprint density at radius 3 is 2.47 bits per heavy atom. The predicted molar refractivity (Wildman–Crippen MR) is 121 cm³/mol. The summed E-state index contributed by atoms with van der Waals surface area (Å²) in [6.07, 6.45) is 0. The summed E-state index contributed by atoms with van der Waals surface area (Å²) in [7, 11) is 0. The molecule has 3 rings (SSSR count). The van der Waals surface area contributed by atoms with Crippen LogP contribution in [0, 0.1) is 22.9 Å². The molecular formula is C23H20FN3O4S. The zero-order valence-corrected chi connectivity index (χ0v) is 18.2. The minimum absolute atomic E-state index is 0.0234. The van der Waals surface area contributed by atoms with Gasteiger partial charge in [-0.25, -0.2) is 4.39 Å². The summed E-state index contributed by atoms with van der Waals surface area (Å²) in [5.74, 6) is -1.36. The summed E-state index contributed by atoms with van der Waals surface area (Å²) in [4.78, 5) is 36.5. The van der Waals surface area contributed by atoms with Crippen molar-refractivity contribution in [3.63, 3.8) is 0 Å². The van der Waals surface area contributed by atoms with E-state index < -0.39 is 16.6 Å². The summed E-state index contributed by atoms with van der Waals surface area (Å²) in [6, 6.07) is 14.8. The van der Waals surface area contributed by atoms with Crippen LogP contribution in [0.1, 0.15) is 33.2 Å². The Kier molecular flexibility index (Phi) is 7.21. The molecule has 0 fully saturated rings. The monoisotopic (exact) mass is 453 g/mol. The van der Waals surface area contributed by atoms with E-state index in [1.54, 1.807) is 50.2 Å². The molecule has 32 heavy (non-hydrogen) atoms. The van der Waals surface area contributed by atoms with Gasteiger partial charge in [0.25, 0.3) is 17.5 Å². The molecule has 0 aliphatic rings. The minimum atomic E-state index is -0.608. The SMILES string of the molecule is CCNC(=O)c1ccc(C)c(NC(=O)c2cc([N+](=O)[O-])ccc2Sc2ccccc2F)c1. The number of nitro benzene ring substituents is 1. The van der Waals surface area contributed by atoms with Gasteiger partial charge in [-0.2, -0.15) is 0 Å². The fourth-order valence-corrected chi connectivity index (χ4v) is 3.84. The van der Waals surface area contributed by atoms with Crippen LogP contribution < -0.4 is 10.6 Å². The van der Waals surface area contributed by atoms with Gasteiger partial charge in [-0.15, -0.1) is 0 Å². The fourth-order valence-electron chi connectivity index (χ4n) is 2.89. The molecule has 0 saturated carbocycles. The van der Waals surface area contributed by atoms with Crippen molar-refractivity contribution >= 4 is 35.0 Å². The summed E-state index contributed by atoms with van der Waals surface area (Å²) >= 11 is 0.996. The van der Waals surface area contributed by atoms with Crippen LogP contribution in [0.5, 0.6) is 0 Å².